The Bertz CT molecular complexity index is 1420. The second kappa shape index (κ2) is 13.0. The molecule has 0 unspecified atom stereocenters. The molecular formula is C25H26O16. The van der Waals surface area contributed by atoms with Crippen molar-refractivity contribution in [3.63, 3.8) is 0 Å². The summed E-state index contributed by atoms with van der Waals surface area (Å²) in [5.74, 6) is -2.77. The monoisotopic (exact) mass is 582 g/mol. The summed E-state index contributed by atoms with van der Waals surface area (Å²) in [6.45, 7) is 0. The Kier molecular flexibility index (Phi) is 9.97. The fraction of sp³-hybridized carbons (Fsp3) is 0.320. The molecule has 0 aliphatic rings. The van der Waals surface area contributed by atoms with Crippen molar-refractivity contribution in [2.45, 2.75) is 49.2 Å². The molecule has 0 amide bonds. The summed E-state index contributed by atoms with van der Waals surface area (Å²) in [7, 11) is 0. The highest BCUT2D eigenvalue weighted by atomic mass is 16.6. The minimum atomic E-state index is -2.43. The van der Waals surface area contributed by atoms with E-state index in [1.807, 2.05) is 0 Å². The van der Waals surface area contributed by atoms with Crippen molar-refractivity contribution < 1.29 is 74.5 Å². The molecule has 0 fully saturated rings. The highest BCUT2D eigenvalue weighted by Gasteiger charge is 2.34. The average molecular weight is 582 g/mol. The smallest absolute Gasteiger partial charge is 0.239 e. The van der Waals surface area contributed by atoms with Crippen LogP contribution < -0.4 is 14.9 Å². The Morgan fingerprint density at radius 2 is 1.22 bits per heavy atom. The third kappa shape index (κ3) is 6.79. The van der Waals surface area contributed by atoms with Crippen LogP contribution in [0.25, 0.3) is 22.3 Å². The molecule has 41 heavy (non-hydrogen) atoms. The standard InChI is InChI=1S/C25H26O16/c26-7-13(30)17(32)20(35)24(37)39-11-5-12(29)16-15(6-11)40-22(9-1-3-10(28)4-2-9)23(19(16)34)41-25(38)21(36)18(33)14(31)8-27/h1-8,13-14,17-18,20-21,24-25,28-33,35-38H/t13-,14+,17-,18+,20-,21-,24+,25+/m1/s1. The van der Waals surface area contributed by atoms with Gasteiger partial charge in [-0.15, -0.1) is 0 Å². The van der Waals surface area contributed by atoms with Crippen LogP contribution in [0.2, 0.25) is 0 Å². The van der Waals surface area contributed by atoms with Gasteiger partial charge in [-0.3, -0.25) is 4.79 Å². The van der Waals surface area contributed by atoms with Crippen molar-refractivity contribution in [2.75, 3.05) is 0 Å². The number of benzene rings is 2. The zero-order valence-corrected chi connectivity index (χ0v) is 20.7. The summed E-state index contributed by atoms with van der Waals surface area (Å²) in [6.07, 6.45) is -18.0. The Morgan fingerprint density at radius 3 is 1.73 bits per heavy atom. The van der Waals surface area contributed by atoms with Crippen LogP contribution in [0.15, 0.2) is 45.6 Å². The summed E-state index contributed by atoms with van der Waals surface area (Å²) >= 11 is 0. The first-order valence-corrected chi connectivity index (χ1v) is 11.6. The summed E-state index contributed by atoms with van der Waals surface area (Å²) in [5.41, 5.74) is -1.54. The number of aliphatic hydroxyl groups is 8. The third-order valence-electron chi connectivity index (χ3n) is 5.79. The van der Waals surface area contributed by atoms with E-state index in [2.05, 4.69) is 0 Å². The highest BCUT2D eigenvalue weighted by molar-refractivity contribution is 5.88. The fourth-order valence-electron chi connectivity index (χ4n) is 3.54. The predicted molar refractivity (Wildman–Crippen MR) is 133 cm³/mol. The summed E-state index contributed by atoms with van der Waals surface area (Å²) in [6, 6.07) is 6.61. The quantitative estimate of drug-likeness (QED) is 0.0702. The van der Waals surface area contributed by atoms with E-state index in [-0.39, 0.29) is 23.9 Å². The number of phenols is 2. The van der Waals surface area contributed by atoms with Crippen molar-refractivity contribution in [3.8, 4) is 34.3 Å². The molecule has 0 radical (unpaired) electrons. The normalized spacial score (nSPS) is 17.5. The van der Waals surface area contributed by atoms with Crippen molar-refractivity contribution >= 4 is 23.5 Å². The van der Waals surface area contributed by atoms with Crippen molar-refractivity contribution in [1.82, 2.24) is 0 Å². The van der Waals surface area contributed by atoms with E-state index in [1.54, 1.807) is 0 Å². The van der Waals surface area contributed by atoms with Crippen LogP contribution >= 0.6 is 0 Å². The zero-order chi connectivity index (χ0) is 30.6. The number of aromatic hydroxyl groups is 2. The number of fused-ring (bicyclic) bond motifs is 1. The van der Waals surface area contributed by atoms with E-state index < -0.39 is 88.6 Å². The molecule has 10 N–H and O–H groups in total. The number of aliphatic hydroxyl groups excluding tert-OH is 8. The van der Waals surface area contributed by atoms with Gasteiger partial charge in [0.2, 0.25) is 23.8 Å². The van der Waals surface area contributed by atoms with Gasteiger partial charge in [0, 0.05) is 17.7 Å². The second-order valence-corrected chi connectivity index (χ2v) is 8.68. The first kappa shape index (κ1) is 31.4. The topological polar surface area (TPSA) is 285 Å². The maximum absolute atomic E-state index is 13.4. The van der Waals surface area contributed by atoms with Crippen LogP contribution in [0.4, 0.5) is 0 Å². The minimum Gasteiger partial charge on any atom is -0.508 e. The van der Waals surface area contributed by atoms with Gasteiger partial charge in [0.05, 0.1) is 0 Å². The molecule has 3 aromatic rings. The number of carbonyl (C=O) groups excluding carboxylic acids is 2. The van der Waals surface area contributed by atoms with Crippen molar-refractivity contribution in [1.29, 1.82) is 0 Å². The number of hydrogen-bond donors (Lipinski definition) is 10. The van der Waals surface area contributed by atoms with Crippen molar-refractivity contribution in [2.24, 2.45) is 0 Å². The molecule has 0 saturated carbocycles. The molecule has 16 heteroatoms. The van der Waals surface area contributed by atoms with Crippen LogP contribution in [-0.2, 0) is 9.59 Å². The van der Waals surface area contributed by atoms with Crippen LogP contribution in [0.1, 0.15) is 0 Å². The van der Waals surface area contributed by atoms with Gasteiger partial charge in [-0.05, 0) is 24.3 Å². The lowest BCUT2D eigenvalue weighted by atomic mass is 10.1. The molecule has 0 aliphatic carbocycles. The lowest BCUT2D eigenvalue weighted by Crippen LogP contribution is -2.47. The van der Waals surface area contributed by atoms with Gasteiger partial charge < -0.3 is 74.5 Å². The van der Waals surface area contributed by atoms with E-state index >= 15 is 0 Å². The van der Waals surface area contributed by atoms with Gasteiger partial charge in [-0.1, -0.05) is 0 Å². The molecule has 2 aromatic carbocycles. The van der Waals surface area contributed by atoms with Crippen LogP contribution in [0.3, 0.4) is 0 Å². The Labute approximate surface area is 228 Å². The molecule has 0 bridgehead atoms. The number of hydrogen-bond acceptors (Lipinski definition) is 16. The first-order chi connectivity index (χ1) is 19.3. The number of aldehydes is 2. The Hall–Kier alpha value is -4.13. The molecule has 0 aliphatic heterocycles. The number of carbonyl (C=O) groups is 2. The SMILES string of the molecule is O=C[C@@H](O)[C@@H](O)[C@@H](O)[C@@H](O)Oc1cc(O)c2c(=O)c(O[C@H](O)[C@H](O)[C@@H](O)[C@@H](O)C=O)c(-c3ccc(O)cc3)oc2c1. The molecule has 222 valence electrons. The molecule has 0 saturated heterocycles. The van der Waals surface area contributed by atoms with E-state index in [0.717, 1.165) is 12.1 Å². The summed E-state index contributed by atoms with van der Waals surface area (Å²) < 4.78 is 15.9. The lowest BCUT2D eigenvalue weighted by Gasteiger charge is -2.25. The summed E-state index contributed by atoms with van der Waals surface area (Å²) in [5, 5.41) is 98.2. The van der Waals surface area contributed by atoms with E-state index in [4.69, 9.17) is 13.9 Å². The average Bonchev–Trinajstić information content (AvgIpc) is 2.95. The van der Waals surface area contributed by atoms with Gasteiger partial charge in [-0.2, -0.15) is 0 Å². The molecule has 1 aromatic heterocycles. The maximum Gasteiger partial charge on any atom is 0.239 e. The second-order valence-electron chi connectivity index (χ2n) is 8.68. The first-order valence-electron chi connectivity index (χ1n) is 11.6. The lowest BCUT2D eigenvalue weighted by molar-refractivity contribution is -0.166. The summed E-state index contributed by atoms with van der Waals surface area (Å²) in [4.78, 5) is 34.7. The van der Waals surface area contributed by atoms with Gasteiger partial charge in [0.15, 0.2) is 18.3 Å². The highest BCUT2D eigenvalue weighted by Crippen LogP contribution is 2.37. The Balaban J connectivity index is 2.10. The maximum atomic E-state index is 13.4. The van der Waals surface area contributed by atoms with E-state index in [1.165, 1.54) is 24.3 Å². The molecule has 16 nitrogen and oxygen atoms in total. The third-order valence-corrected chi connectivity index (χ3v) is 5.79. The van der Waals surface area contributed by atoms with E-state index in [0.29, 0.717) is 0 Å². The fourth-order valence-corrected chi connectivity index (χ4v) is 3.54. The number of rotatable bonds is 13. The minimum absolute atomic E-state index is 0.0409. The number of ether oxygens (including phenoxy) is 2. The van der Waals surface area contributed by atoms with Crippen LogP contribution in [0.5, 0.6) is 23.0 Å². The Morgan fingerprint density at radius 1 is 0.707 bits per heavy atom. The largest absolute Gasteiger partial charge is 0.508 e. The van der Waals surface area contributed by atoms with Gasteiger partial charge in [0.1, 0.15) is 64.8 Å². The van der Waals surface area contributed by atoms with Gasteiger partial charge in [-0.25, -0.2) is 0 Å². The van der Waals surface area contributed by atoms with Crippen LogP contribution in [0, 0.1) is 0 Å². The molecular weight excluding hydrogens is 556 g/mol. The van der Waals surface area contributed by atoms with Gasteiger partial charge >= 0.3 is 0 Å². The molecule has 0 spiro atoms. The van der Waals surface area contributed by atoms with E-state index in [9.17, 15) is 65.4 Å². The van der Waals surface area contributed by atoms with Crippen molar-refractivity contribution in [3.05, 3.63) is 46.6 Å². The molecule has 3 rings (SSSR count). The zero-order valence-electron chi connectivity index (χ0n) is 20.7. The number of phenolic OH excluding ortho intramolecular Hbond substituents is 2. The molecule has 8 atom stereocenters. The predicted octanol–water partition coefficient (Wildman–Crippen LogP) is -3.17. The van der Waals surface area contributed by atoms with Gasteiger partial charge in [0.25, 0.3) is 0 Å². The van der Waals surface area contributed by atoms with Crippen LogP contribution in [-0.4, -0.2) is 113 Å². The molecule has 1 heterocycles.